The zero-order valence-electron chi connectivity index (χ0n) is 15.0. The number of fused-ring (bicyclic) bond motifs is 2. The normalized spacial score (nSPS) is 11.4. The summed E-state index contributed by atoms with van der Waals surface area (Å²) in [5.74, 6) is 0.874. The highest BCUT2D eigenvalue weighted by Crippen LogP contribution is 2.33. The summed E-state index contributed by atoms with van der Waals surface area (Å²) in [5.41, 5.74) is 8.46. The van der Waals surface area contributed by atoms with Crippen LogP contribution in [0.15, 0.2) is 42.5 Å². The topological polar surface area (TPSA) is 135 Å². The Kier molecular flexibility index (Phi) is 3.98. The highest BCUT2D eigenvalue weighted by Gasteiger charge is 2.18. The molecule has 2 aromatic carbocycles. The van der Waals surface area contributed by atoms with Gasteiger partial charge in [0.25, 0.3) is 0 Å². The number of para-hydroxylation sites is 2. The van der Waals surface area contributed by atoms with Crippen molar-refractivity contribution in [1.29, 1.82) is 0 Å². The first kappa shape index (κ1) is 17.3. The monoisotopic (exact) mass is 405 g/mol. The fourth-order valence-electron chi connectivity index (χ4n) is 3.08. The highest BCUT2D eigenvalue weighted by atomic mass is 32.1. The van der Waals surface area contributed by atoms with Crippen LogP contribution in [0.2, 0.25) is 0 Å². The third-order valence-corrected chi connectivity index (χ3v) is 5.47. The lowest BCUT2D eigenvalue weighted by molar-refractivity contribution is 0.0973. The molecule has 0 spiro atoms. The number of phenols is 1. The predicted octanol–water partition coefficient (Wildman–Crippen LogP) is 2.83. The number of hydrogen-bond donors (Lipinski definition) is 3. The molecule has 3 aromatic heterocycles. The van der Waals surface area contributed by atoms with Gasteiger partial charge in [-0.25, -0.2) is 4.98 Å². The van der Waals surface area contributed by atoms with E-state index < -0.39 is 0 Å². The number of benzene rings is 2. The number of imidazole rings is 1. The van der Waals surface area contributed by atoms with Crippen LogP contribution in [0.1, 0.15) is 22.9 Å². The number of nitrogens with one attached hydrogen (secondary N) is 1. The van der Waals surface area contributed by atoms with E-state index in [2.05, 4.69) is 25.3 Å². The Morgan fingerprint density at radius 1 is 1.21 bits per heavy atom. The Balaban J connectivity index is 1.38. The minimum absolute atomic E-state index is 0.0887. The summed E-state index contributed by atoms with van der Waals surface area (Å²) in [7, 11) is 0. The van der Waals surface area contributed by atoms with Gasteiger partial charge in [-0.1, -0.05) is 23.5 Å². The molecule has 0 amide bonds. The maximum atomic E-state index is 12.5. The average Bonchev–Trinajstić information content (AvgIpc) is 3.42. The molecule has 0 radical (unpaired) electrons. The molecule has 29 heavy (non-hydrogen) atoms. The summed E-state index contributed by atoms with van der Waals surface area (Å²) in [4.78, 5) is 20.5. The molecule has 9 nitrogen and oxygen atoms in total. The van der Waals surface area contributed by atoms with Crippen molar-refractivity contribution in [2.45, 2.75) is 12.8 Å². The molecule has 0 saturated heterocycles. The number of Topliss-reactive ketones (excluding diaryl/α,β-unsaturated/α-hetero) is 1. The Labute approximate surface area is 167 Å². The molecule has 0 unspecified atom stereocenters. The Hall–Kier alpha value is -3.79. The van der Waals surface area contributed by atoms with Crippen molar-refractivity contribution in [3.8, 4) is 16.3 Å². The van der Waals surface area contributed by atoms with Crippen LogP contribution < -0.4 is 5.73 Å². The number of aryl methyl sites for hydroxylation is 1. The lowest BCUT2D eigenvalue weighted by atomic mass is 10.2. The van der Waals surface area contributed by atoms with Gasteiger partial charge in [-0.3, -0.25) is 4.79 Å². The molecule has 0 atom stereocenters. The van der Waals surface area contributed by atoms with Gasteiger partial charge >= 0.3 is 0 Å². The van der Waals surface area contributed by atoms with E-state index in [-0.39, 0.29) is 18.0 Å². The van der Waals surface area contributed by atoms with Crippen molar-refractivity contribution in [3.63, 3.8) is 0 Å². The number of nitrogen functional groups attached to an aromatic ring is 1. The van der Waals surface area contributed by atoms with E-state index in [0.717, 1.165) is 11.0 Å². The van der Waals surface area contributed by atoms with Gasteiger partial charge in [0.1, 0.15) is 5.75 Å². The van der Waals surface area contributed by atoms with Crippen LogP contribution >= 0.6 is 11.3 Å². The third kappa shape index (κ3) is 3.09. The fourth-order valence-corrected chi connectivity index (χ4v) is 3.96. The minimum atomic E-state index is -0.109. The lowest BCUT2D eigenvalue weighted by Crippen LogP contribution is -2.06. The van der Waals surface area contributed by atoms with Crippen LogP contribution in [0.4, 0.5) is 5.69 Å². The second-order valence-electron chi connectivity index (χ2n) is 6.52. The van der Waals surface area contributed by atoms with Gasteiger partial charge in [-0.05, 0) is 30.3 Å². The van der Waals surface area contributed by atoms with Crippen molar-refractivity contribution in [3.05, 3.63) is 54.1 Å². The van der Waals surface area contributed by atoms with Gasteiger partial charge in [-0.15, -0.1) is 10.2 Å². The summed E-state index contributed by atoms with van der Waals surface area (Å²) >= 11 is 1.29. The maximum absolute atomic E-state index is 12.5. The predicted molar refractivity (Wildman–Crippen MR) is 109 cm³/mol. The number of nitrogens with zero attached hydrogens (tertiary/aromatic N) is 5. The van der Waals surface area contributed by atoms with Gasteiger partial charge < -0.3 is 15.8 Å². The van der Waals surface area contributed by atoms with Crippen LogP contribution in [0.5, 0.6) is 5.75 Å². The van der Waals surface area contributed by atoms with Gasteiger partial charge in [0.2, 0.25) is 4.96 Å². The largest absolute Gasteiger partial charge is 0.507 e. The minimum Gasteiger partial charge on any atom is -0.507 e. The second kappa shape index (κ2) is 6.67. The number of aromatic nitrogens is 6. The average molecular weight is 405 g/mol. The first-order valence-electron chi connectivity index (χ1n) is 8.86. The molecule has 0 bridgehead atoms. The first-order valence-corrected chi connectivity index (χ1v) is 9.68. The Morgan fingerprint density at radius 2 is 2.07 bits per heavy atom. The molecule has 3 heterocycles. The Bertz CT molecular complexity index is 1330. The molecule has 4 N–H and O–H groups in total. The van der Waals surface area contributed by atoms with Crippen molar-refractivity contribution < 1.29 is 9.90 Å². The van der Waals surface area contributed by atoms with Crippen LogP contribution in [-0.4, -0.2) is 40.7 Å². The Morgan fingerprint density at radius 3 is 2.93 bits per heavy atom. The molecular weight excluding hydrogens is 390 g/mol. The van der Waals surface area contributed by atoms with Crippen molar-refractivity contribution in [2.24, 2.45) is 0 Å². The molecule has 0 aliphatic heterocycles. The number of phenolic OH excluding ortho intramolecular Hbond substituents is 1. The summed E-state index contributed by atoms with van der Waals surface area (Å²) in [5, 5.41) is 23.4. The zero-order chi connectivity index (χ0) is 20.0. The van der Waals surface area contributed by atoms with E-state index in [9.17, 15) is 9.90 Å². The van der Waals surface area contributed by atoms with E-state index in [1.807, 2.05) is 24.3 Å². The maximum Gasteiger partial charge on any atom is 0.234 e. The lowest BCUT2D eigenvalue weighted by Gasteiger charge is -2.01. The molecule has 0 aliphatic carbocycles. The SMILES string of the molecule is Nc1ccc(O)c(-c2nn3c(CCC(=O)c4nc5ccccc5[nH]4)nnc3s2)c1. The van der Waals surface area contributed by atoms with Crippen LogP contribution in [0.25, 0.3) is 26.6 Å². The van der Waals surface area contributed by atoms with Gasteiger partial charge in [0, 0.05) is 18.5 Å². The first-order chi connectivity index (χ1) is 14.1. The molecule has 0 aliphatic rings. The number of hydrogen-bond acceptors (Lipinski definition) is 8. The number of anilines is 1. The summed E-state index contributed by atoms with van der Waals surface area (Å²) < 4.78 is 1.59. The van der Waals surface area contributed by atoms with E-state index >= 15 is 0 Å². The summed E-state index contributed by atoms with van der Waals surface area (Å²) in [6.45, 7) is 0. The van der Waals surface area contributed by atoms with Crippen LogP contribution in [0, 0.1) is 0 Å². The van der Waals surface area contributed by atoms with E-state index in [0.29, 0.717) is 39.3 Å². The quantitative estimate of drug-likeness (QED) is 0.232. The summed E-state index contributed by atoms with van der Waals surface area (Å²) in [6, 6.07) is 12.3. The van der Waals surface area contributed by atoms with Gasteiger partial charge in [-0.2, -0.15) is 9.61 Å². The molecule has 144 valence electrons. The fraction of sp³-hybridized carbons (Fsp3) is 0.105. The molecular formula is C19H15N7O2S. The number of nitrogens with two attached hydrogens (primary N) is 1. The van der Waals surface area contributed by atoms with Gasteiger partial charge in [0.15, 0.2) is 22.4 Å². The highest BCUT2D eigenvalue weighted by molar-refractivity contribution is 7.19. The zero-order valence-corrected chi connectivity index (χ0v) is 15.8. The van der Waals surface area contributed by atoms with Crippen molar-refractivity contribution in [1.82, 2.24) is 29.8 Å². The molecule has 0 fully saturated rings. The number of rotatable bonds is 5. The number of aromatic hydroxyl groups is 1. The molecule has 0 saturated carbocycles. The molecule has 5 aromatic rings. The second-order valence-corrected chi connectivity index (χ2v) is 7.48. The van der Waals surface area contributed by atoms with E-state index in [4.69, 9.17) is 5.73 Å². The molecule has 10 heteroatoms. The van der Waals surface area contributed by atoms with Crippen molar-refractivity contribution >= 4 is 38.8 Å². The van der Waals surface area contributed by atoms with Crippen LogP contribution in [-0.2, 0) is 6.42 Å². The number of carbonyl (C=O) groups excluding carboxylic acids is 1. The third-order valence-electron chi connectivity index (χ3n) is 4.54. The smallest absolute Gasteiger partial charge is 0.234 e. The number of carbonyl (C=O) groups is 1. The number of aromatic amines is 1. The van der Waals surface area contributed by atoms with Crippen molar-refractivity contribution in [2.75, 3.05) is 5.73 Å². The molecule has 5 rings (SSSR count). The van der Waals surface area contributed by atoms with E-state index in [1.54, 1.807) is 16.6 Å². The van der Waals surface area contributed by atoms with E-state index in [1.165, 1.54) is 17.4 Å². The number of ketones is 1. The van der Waals surface area contributed by atoms with Crippen LogP contribution in [0.3, 0.4) is 0 Å². The standard InChI is InChI=1S/C19H15N7O2S/c20-10-5-6-14(27)11(9-10)18-25-26-16(23-24-19(26)29-18)8-7-15(28)17-21-12-3-1-2-4-13(12)22-17/h1-6,9,27H,7-8,20H2,(H,21,22). The van der Waals surface area contributed by atoms with Gasteiger partial charge in [0.05, 0.1) is 16.6 Å². The number of H-pyrrole nitrogens is 1. The summed E-state index contributed by atoms with van der Waals surface area (Å²) in [6.07, 6.45) is 0.583.